The zero-order chi connectivity index (χ0) is 18.0. The Labute approximate surface area is 151 Å². The zero-order valence-electron chi connectivity index (χ0n) is 13.9. The standard InChI is InChI=1S/C18H19ClN4O2/c1-22-6-8-23(9-7-22)18(25)13-4-5-21-16(11-13)12-2-3-14(17(20)24)15(19)10-12/h2-5,10-11H,6-9H2,1H3,(H2,20,24). The number of piperazine rings is 1. The fraction of sp³-hybridized carbons (Fsp3) is 0.278. The number of hydrogen-bond acceptors (Lipinski definition) is 4. The maximum absolute atomic E-state index is 12.7. The van der Waals surface area contributed by atoms with Crippen molar-refractivity contribution < 1.29 is 9.59 Å². The van der Waals surface area contributed by atoms with E-state index in [1.54, 1.807) is 36.5 Å². The second-order valence-electron chi connectivity index (χ2n) is 6.08. The van der Waals surface area contributed by atoms with Crippen LogP contribution in [0.3, 0.4) is 0 Å². The number of nitrogens with zero attached hydrogens (tertiary/aromatic N) is 3. The normalized spacial score (nSPS) is 15.2. The van der Waals surface area contributed by atoms with Crippen LogP contribution in [0.1, 0.15) is 20.7 Å². The Hall–Kier alpha value is -2.44. The summed E-state index contributed by atoms with van der Waals surface area (Å²) in [5, 5.41) is 0.266. The van der Waals surface area contributed by atoms with Gasteiger partial charge in [0.05, 0.1) is 16.3 Å². The van der Waals surface area contributed by atoms with Gasteiger partial charge in [-0.3, -0.25) is 14.6 Å². The van der Waals surface area contributed by atoms with Gasteiger partial charge in [-0.05, 0) is 31.3 Å². The van der Waals surface area contributed by atoms with Gasteiger partial charge in [-0.2, -0.15) is 0 Å². The van der Waals surface area contributed by atoms with Crippen LogP contribution in [-0.4, -0.2) is 59.8 Å². The first-order valence-corrected chi connectivity index (χ1v) is 8.37. The minimum atomic E-state index is -0.580. The highest BCUT2D eigenvalue weighted by atomic mass is 35.5. The summed E-state index contributed by atoms with van der Waals surface area (Å²) < 4.78 is 0. The number of benzene rings is 1. The summed E-state index contributed by atoms with van der Waals surface area (Å²) in [5.41, 5.74) is 7.46. The fourth-order valence-corrected chi connectivity index (χ4v) is 3.06. The fourth-order valence-electron chi connectivity index (χ4n) is 2.79. The van der Waals surface area contributed by atoms with Gasteiger partial charge in [-0.1, -0.05) is 17.7 Å². The molecule has 0 aliphatic carbocycles. The number of carbonyl (C=O) groups excluding carboxylic acids is 2. The van der Waals surface area contributed by atoms with Gasteiger partial charge in [0.2, 0.25) is 5.91 Å². The van der Waals surface area contributed by atoms with Gasteiger partial charge >= 0.3 is 0 Å². The van der Waals surface area contributed by atoms with Crippen molar-refractivity contribution >= 4 is 23.4 Å². The van der Waals surface area contributed by atoms with E-state index < -0.39 is 5.91 Å². The van der Waals surface area contributed by atoms with E-state index in [1.165, 1.54) is 0 Å². The van der Waals surface area contributed by atoms with E-state index in [-0.39, 0.29) is 16.5 Å². The lowest BCUT2D eigenvalue weighted by Gasteiger charge is -2.32. The van der Waals surface area contributed by atoms with Gasteiger partial charge in [-0.15, -0.1) is 0 Å². The number of amides is 2. The molecule has 2 heterocycles. The van der Waals surface area contributed by atoms with Crippen LogP contribution in [-0.2, 0) is 0 Å². The molecule has 0 radical (unpaired) electrons. The third-order valence-electron chi connectivity index (χ3n) is 4.33. The highest BCUT2D eigenvalue weighted by Crippen LogP contribution is 2.25. The molecule has 0 bridgehead atoms. The molecule has 1 aliphatic rings. The van der Waals surface area contributed by atoms with E-state index in [0.717, 1.165) is 18.7 Å². The van der Waals surface area contributed by atoms with E-state index in [2.05, 4.69) is 9.88 Å². The smallest absolute Gasteiger partial charge is 0.254 e. The first-order valence-electron chi connectivity index (χ1n) is 7.99. The summed E-state index contributed by atoms with van der Waals surface area (Å²) in [6.07, 6.45) is 1.61. The summed E-state index contributed by atoms with van der Waals surface area (Å²) in [6.45, 7) is 3.17. The van der Waals surface area contributed by atoms with Crippen molar-refractivity contribution in [1.29, 1.82) is 0 Å². The van der Waals surface area contributed by atoms with Crippen LogP contribution in [0, 0.1) is 0 Å². The molecule has 6 nitrogen and oxygen atoms in total. The Morgan fingerprint density at radius 3 is 2.48 bits per heavy atom. The molecule has 2 aromatic rings. The number of halogens is 1. The zero-order valence-corrected chi connectivity index (χ0v) is 14.7. The summed E-state index contributed by atoms with van der Waals surface area (Å²) in [6, 6.07) is 8.38. The predicted octanol–water partition coefficient (Wildman–Crippen LogP) is 1.89. The molecule has 1 fully saturated rings. The highest BCUT2D eigenvalue weighted by molar-refractivity contribution is 6.34. The van der Waals surface area contributed by atoms with Crippen molar-refractivity contribution in [2.75, 3.05) is 33.2 Å². The lowest BCUT2D eigenvalue weighted by Crippen LogP contribution is -2.47. The number of likely N-dealkylation sites (N-methyl/N-ethyl adjacent to an activating group) is 1. The van der Waals surface area contributed by atoms with Gasteiger partial charge in [0, 0.05) is 43.5 Å². The van der Waals surface area contributed by atoms with Crippen LogP contribution in [0.2, 0.25) is 5.02 Å². The summed E-state index contributed by atoms with van der Waals surface area (Å²) >= 11 is 6.10. The van der Waals surface area contributed by atoms with Crippen LogP contribution >= 0.6 is 11.6 Å². The number of pyridine rings is 1. The van der Waals surface area contributed by atoms with Crippen LogP contribution in [0.25, 0.3) is 11.3 Å². The molecule has 2 amide bonds. The van der Waals surface area contributed by atoms with Gasteiger partial charge < -0.3 is 15.5 Å². The molecule has 0 atom stereocenters. The molecule has 2 N–H and O–H groups in total. The van der Waals surface area contributed by atoms with Crippen LogP contribution in [0.4, 0.5) is 0 Å². The van der Waals surface area contributed by atoms with E-state index in [9.17, 15) is 9.59 Å². The van der Waals surface area contributed by atoms with Gasteiger partial charge in [-0.25, -0.2) is 0 Å². The molecule has 25 heavy (non-hydrogen) atoms. The van der Waals surface area contributed by atoms with Crippen molar-refractivity contribution in [3.63, 3.8) is 0 Å². The van der Waals surface area contributed by atoms with E-state index in [1.807, 2.05) is 11.9 Å². The Bertz CT molecular complexity index is 816. The van der Waals surface area contributed by atoms with Crippen LogP contribution < -0.4 is 5.73 Å². The topological polar surface area (TPSA) is 79.5 Å². The molecule has 1 aliphatic heterocycles. The summed E-state index contributed by atoms with van der Waals surface area (Å²) in [5.74, 6) is -0.583. The molecule has 0 unspecified atom stereocenters. The quantitative estimate of drug-likeness (QED) is 0.908. The Morgan fingerprint density at radius 1 is 1.12 bits per heavy atom. The lowest BCUT2D eigenvalue weighted by molar-refractivity contribution is 0.0664. The Morgan fingerprint density at radius 2 is 1.84 bits per heavy atom. The van der Waals surface area contributed by atoms with Crippen molar-refractivity contribution in [2.45, 2.75) is 0 Å². The number of nitrogens with two attached hydrogens (primary N) is 1. The molecule has 1 saturated heterocycles. The first-order chi connectivity index (χ1) is 12.0. The second kappa shape index (κ2) is 7.21. The third-order valence-corrected chi connectivity index (χ3v) is 4.64. The molecule has 0 spiro atoms. The average molecular weight is 359 g/mol. The van der Waals surface area contributed by atoms with Crippen molar-refractivity contribution in [1.82, 2.24) is 14.8 Å². The van der Waals surface area contributed by atoms with Gasteiger partial charge in [0.25, 0.3) is 5.91 Å². The highest BCUT2D eigenvalue weighted by Gasteiger charge is 2.21. The predicted molar refractivity (Wildman–Crippen MR) is 96.6 cm³/mol. The van der Waals surface area contributed by atoms with Gasteiger partial charge in [0.15, 0.2) is 0 Å². The van der Waals surface area contributed by atoms with E-state index >= 15 is 0 Å². The average Bonchev–Trinajstić information content (AvgIpc) is 2.61. The molecular formula is C18H19ClN4O2. The van der Waals surface area contributed by atoms with Crippen LogP contribution in [0.5, 0.6) is 0 Å². The maximum Gasteiger partial charge on any atom is 0.254 e. The molecule has 7 heteroatoms. The maximum atomic E-state index is 12.7. The molecule has 3 rings (SSSR count). The third kappa shape index (κ3) is 3.81. The number of carbonyl (C=O) groups is 2. The molecule has 130 valence electrons. The molecular weight excluding hydrogens is 340 g/mol. The molecule has 1 aromatic heterocycles. The Balaban J connectivity index is 1.85. The Kier molecular flexibility index (Phi) is 5.01. The van der Waals surface area contributed by atoms with E-state index in [0.29, 0.717) is 24.3 Å². The largest absolute Gasteiger partial charge is 0.366 e. The number of rotatable bonds is 3. The summed E-state index contributed by atoms with van der Waals surface area (Å²) in [7, 11) is 2.05. The molecule has 1 aromatic carbocycles. The second-order valence-corrected chi connectivity index (χ2v) is 6.49. The SMILES string of the molecule is CN1CCN(C(=O)c2ccnc(-c3ccc(C(N)=O)c(Cl)c3)c2)CC1. The van der Waals surface area contributed by atoms with Crippen LogP contribution in [0.15, 0.2) is 36.5 Å². The number of primary amides is 1. The van der Waals surface area contributed by atoms with Gasteiger partial charge in [0.1, 0.15) is 0 Å². The lowest BCUT2D eigenvalue weighted by atomic mass is 10.1. The number of aromatic nitrogens is 1. The van der Waals surface area contributed by atoms with Crippen molar-refractivity contribution in [3.05, 3.63) is 52.7 Å². The summed E-state index contributed by atoms with van der Waals surface area (Å²) in [4.78, 5) is 32.3. The van der Waals surface area contributed by atoms with E-state index in [4.69, 9.17) is 17.3 Å². The minimum Gasteiger partial charge on any atom is -0.366 e. The minimum absolute atomic E-state index is 0.00315. The van der Waals surface area contributed by atoms with Crippen molar-refractivity contribution in [2.24, 2.45) is 5.73 Å². The molecule has 0 saturated carbocycles. The number of hydrogen-bond donors (Lipinski definition) is 1. The monoisotopic (exact) mass is 358 g/mol. The van der Waals surface area contributed by atoms with Crippen molar-refractivity contribution in [3.8, 4) is 11.3 Å². The first kappa shape index (κ1) is 17.4.